The first-order valence-corrected chi connectivity index (χ1v) is 8.14. The Morgan fingerprint density at radius 1 is 1.32 bits per heavy atom. The third kappa shape index (κ3) is 3.39. The molecule has 3 rings (SSSR count). The van der Waals surface area contributed by atoms with Gasteiger partial charge in [-0.3, -0.25) is 4.90 Å². The van der Waals surface area contributed by atoms with Crippen LogP contribution in [0.1, 0.15) is 37.4 Å². The van der Waals surface area contributed by atoms with Crippen LogP contribution in [0.15, 0.2) is 34.9 Å². The summed E-state index contributed by atoms with van der Waals surface area (Å²) in [6.45, 7) is 6.10. The zero-order valence-corrected chi connectivity index (χ0v) is 13.5. The van der Waals surface area contributed by atoms with Gasteiger partial charge in [-0.25, -0.2) is 4.98 Å². The molecule has 1 aromatic heterocycles. The maximum Gasteiger partial charge on any atom is 0.226 e. The molecule has 1 aliphatic rings. The van der Waals surface area contributed by atoms with Crippen molar-refractivity contribution in [2.75, 3.05) is 6.54 Å². The molecular formula is C18H25N3O. The fourth-order valence-electron chi connectivity index (χ4n) is 3.22. The van der Waals surface area contributed by atoms with Gasteiger partial charge in [0.05, 0.1) is 5.69 Å². The molecule has 0 radical (unpaired) electrons. The Kier molecular flexibility index (Phi) is 4.60. The summed E-state index contributed by atoms with van der Waals surface area (Å²) in [6.07, 6.45) is 5.48. The number of nitrogens with zero attached hydrogens (tertiary/aromatic N) is 2. The molecule has 0 aliphatic carbocycles. The van der Waals surface area contributed by atoms with E-state index >= 15 is 0 Å². The Labute approximate surface area is 132 Å². The second-order valence-electron chi connectivity index (χ2n) is 6.40. The van der Waals surface area contributed by atoms with E-state index in [-0.39, 0.29) is 6.04 Å². The molecule has 1 fully saturated rings. The first kappa shape index (κ1) is 15.3. The minimum atomic E-state index is 0.198. The molecule has 1 aromatic carbocycles. The van der Waals surface area contributed by atoms with Gasteiger partial charge < -0.3 is 10.2 Å². The molecule has 2 aromatic rings. The molecule has 1 aliphatic heterocycles. The number of piperidine rings is 1. The second-order valence-corrected chi connectivity index (χ2v) is 6.40. The molecule has 22 heavy (non-hydrogen) atoms. The lowest BCUT2D eigenvalue weighted by Gasteiger charge is -2.37. The monoisotopic (exact) mass is 299 g/mol. The van der Waals surface area contributed by atoms with Crippen LogP contribution in [0, 0.1) is 6.92 Å². The van der Waals surface area contributed by atoms with Crippen LogP contribution in [0.4, 0.5) is 0 Å². The predicted octanol–water partition coefficient (Wildman–Crippen LogP) is 3.35. The average Bonchev–Trinajstić information content (AvgIpc) is 2.97. The Morgan fingerprint density at radius 2 is 2.09 bits per heavy atom. The van der Waals surface area contributed by atoms with Crippen molar-refractivity contribution in [1.29, 1.82) is 0 Å². The summed E-state index contributed by atoms with van der Waals surface area (Å²) in [6, 6.07) is 8.91. The Balaban J connectivity index is 1.72. The Hall–Kier alpha value is -1.65. The van der Waals surface area contributed by atoms with E-state index < -0.39 is 0 Å². The van der Waals surface area contributed by atoms with Crippen LogP contribution in [0.5, 0.6) is 0 Å². The van der Waals surface area contributed by atoms with E-state index in [1.54, 1.807) is 6.26 Å². The van der Waals surface area contributed by atoms with Gasteiger partial charge in [0.25, 0.3) is 0 Å². The molecule has 2 unspecified atom stereocenters. The number of benzene rings is 1. The van der Waals surface area contributed by atoms with Crippen molar-refractivity contribution in [2.45, 2.75) is 51.7 Å². The molecule has 0 spiro atoms. The van der Waals surface area contributed by atoms with Crippen molar-refractivity contribution in [2.24, 2.45) is 5.73 Å². The average molecular weight is 299 g/mol. The van der Waals surface area contributed by atoms with E-state index in [2.05, 4.69) is 48.0 Å². The van der Waals surface area contributed by atoms with E-state index in [0.717, 1.165) is 24.3 Å². The highest BCUT2D eigenvalue weighted by Crippen LogP contribution is 2.23. The third-order valence-electron chi connectivity index (χ3n) is 4.49. The molecular weight excluding hydrogens is 274 g/mol. The molecule has 4 heteroatoms. The van der Waals surface area contributed by atoms with Gasteiger partial charge in [-0.05, 0) is 45.4 Å². The van der Waals surface area contributed by atoms with Gasteiger partial charge in [-0.1, -0.05) is 24.1 Å². The number of aryl methyl sites for hydroxylation is 1. The predicted molar refractivity (Wildman–Crippen MR) is 88.4 cm³/mol. The smallest absolute Gasteiger partial charge is 0.226 e. The molecule has 2 N–H and O–H groups in total. The minimum absolute atomic E-state index is 0.198. The number of rotatable bonds is 4. The molecule has 1 saturated heterocycles. The number of hydrogen-bond donors (Lipinski definition) is 1. The van der Waals surface area contributed by atoms with E-state index in [1.165, 1.54) is 24.8 Å². The van der Waals surface area contributed by atoms with Gasteiger partial charge in [0.2, 0.25) is 5.89 Å². The summed E-state index contributed by atoms with van der Waals surface area (Å²) in [5, 5.41) is 0. The zero-order chi connectivity index (χ0) is 15.5. The van der Waals surface area contributed by atoms with E-state index in [0.29, 0.717) is 11.9 Å². The summed E-state index contributed by atoms with van der Waals surface area (Å²) in [5.41, 5.74) is 9.39. The van der Waals surface area contributed by atoms with Crippen LogP contribution in [0.25, 0.3) is 11.5 Å². The summed E-state index contributed by atoms with van der Waals surface area (Å²) in [5.74, 6) is 0.698. The summed E-state index contributed by atoms with van der Waals surface area (Å²) >= 11 is 0. The molecule has 118 valence electrons. The van der Waals surface area contributed by atoms with Crippen LogP contribution in [-0.4, -0.2) is 28.5 Å². The topological polar surface area (TPSA) is 55.3 Å². The van der Waals surface area contributed by atoms with Gasteiger partial charge in [0.1, 0.15) is 6.26 Å². The van der Waals surface area contributed by atoms with Gasteiger partial charge >= 0.3 is 0 Å². The lowest BCUT2D eigenvalue weighted by atomic mass is 9.97. The fraction of sp³-hybridized carbons (Fsp3) is 0.500. The summed E-state index contributed by atoms with van der Waals surface area (Å²) < 4.78 is 5.66. The maximum absolute atomic E-state index is 6.14. The molecule has 0 saturated carbocycles. The van der Waals surface area contributed by atoms with Crippen LogP contribution in [0.2, 0.25) is 0 Å². The SMILES string of the molecule is Cc1ccc(-c2nc(CN3CCCCC3C(C)N)co2)cc1. The van der Waals surface area contributed by atoms with E-state index in [9.17, 15) is 0 Å². The highest BCUT2D eigenvalue weighted by atomic mass is 16.3. The quantitative estimate of drug-likeness (QED) is 0.940. The first-order valence-electron chi connectivity index (χ1n) is 8.14. The third-order valence-corrected chi connectivity index (χ3v) is 4.49. The Bertz CT molecular complexity index is 603. The fourth-order valence-corrected chi connectivity index (χ4v) is 3.22. The largest absolute Gasteiger partial charge is 0.444 e. The van der Waals surface area contributed by atoms with Crippen molar-refractivity contribution < 1.29 is 4.42 Å². The van der Waals surface area contributed by atoms with E-state index in [4.69, 9.17) is 10.2 Å². The standard InChI is InChI=1S/C18H25N3O/c1-13-6-8-15(9-7-13)18-20-16(12-22-18)11-21-10-4-3-5-17(21)14(2)19/h6-9,12,14,17H,3-5,10-11,19H2,1-2H3. The minimum Gasteiger partial charge on any atom is -0.444 e. The molecule has 2 heterocycles. The van der Waals surface area contributed by atoms with Crippen molar-refractivity contribution >= 4 is 0 Å². The second kappa shape index (κ2) is 6.63. The highest BCUT2D eigenvalue weighted by molar-refractivity contribution is 5.53. The number of nitrogens with two attached hydrogens (primary N) is 1. The number of aromatic nitrogens is 1. The molecule has 0 bridgehead atoms. The van der Waals surface area contributed by atoms with Gasteiger partial charge in [-0.15, -0.1) is 0 Å². The van der Waals surface area contributed by atoms with Crippen LogP contribution in [-0.2, 0) is 6.54 Å². The van der Waals surface area contributed by atoms with Crippen molar-refractivity contribution in [3.63, 3.8) is 0 Å². The number of oxazole rings is 1. The van der Waals surface area contributed by atoms with Gasteiger partial charge in [0.15, 0.2) is 0 Å². The lowest BCUT2D eigenvalue weighted by Crippen LogP contribution is -2.48. The summed E-state index contributed by atoms with van der Waals surface area (Å²) in [4.78, 5) is 7.10. The van der Waals surface area contributed by atoms with Crippen molar-refractivity contribution in [1.82, 2.24) is 9.88 Å². The van der Waals surface area contributed by atoms with Gasteiger partial charge in [0, 0.05) is 24.2 Å². The van der Waals surface area contributed by atoms with Crippen molar-refractivity contribution in [3.8, 4) is 11.5 Å². The normalized spacial score (nSPS) is 21.0. The number of likely N-dealkylation sites (tertiary alicyclic amines) is 1. The molecule has 4 nitrogen and oxygen atoms in total. The van der Waals surface area contributed by atoms with Gasteiger partial charge in [-0.2, -0.15) is 0 Å². The van der Waals surface area contributed by atoms with Crippen LogP contribution >= 0.6 is 0 Å². The van der Waals surface area contributed by atoms with Crippen molar-refractivity contribution in [3.05, 3.63) is 41.8 Å². The maximum atomic E-state index is 6.14. The molecule has 2 atom stereocenters. The van der Waals surface area contributed by atoms with E-state index in [1.807, 2.05) is 0 Å². The molecule has 0 amide bonds. The zero-order valence-electron chi connectivity index (χ0n) is 13.5. The lowest BCUT2D eigenvalue weighted by molar-refractivity contribution is 0.121. The van der Waals surface area contributed by atoms with Crippen LogP contribution in [0.3, 0.4) is 0 Å². The highest BCUT2D eigenvalue weighted by Gasteiger charge is 2.26. The first-order chi connectivity index (χ1) is 10.6. The number of hydrogen-bond acceptors (Lipinski definition) is 4. The summed E-state index contributed by atoms with van der Waals surface area (Å²) in [7, 11) is 0. The van der Waals surface area contributed by atoms with Crippen LogP contribution < -0.4 is 5.73 Å². The Morgan fingerprint density at radius 3 is 2.82 bits per heavy atom.